The van der Waals surface area contributed by atoms with Crippen molar-refractivity contribution in [3.05, 3.63) is 43.0 Å². The van der Waals surface area contributed by atoms with Crippen molar-refractivity contribution in [3.63, 3.8) is 0 Å². The fourth-order valence-electron chi connectivity index (χ4n) is 1.94. The number of thioether (sulfide) groups is 1. The van der Waals surface area contributed by atoms with Crippen LogP contribution in [0.4, 0.5) is 4.79 Å². The second-order valence-corrected chi connectivity index (χ2v) is 6.63. The number of urea groups is 1. The van der Waals surface area contributed by atoms with Gasteiger partial charge in [-0.2, -0.15) is 5.10 Å². The molecule has 0 saturated carbocycles. The molecule has 0 bridgehead atoms. The van der Waals surface area contributed by atoms with Crippen molar-refractivity contribution >= 4 is 17.8 Å². The Balaban J connectivity index is 1.66. The van der Waals surface area contributed by atoms with Crippen LogP contribution in [0.3, 0.4) is 0 Å². The van der Waals surface area contributed by atoms with Gasteiger partial charge in [0.25, 0.3) is 0 Å². The number of hydrogen-bond donors (Lipinski definition) is 2. The van der Waals surface area contributed by atoms with Crippen molar-refractivity contribution in [1.82, 2.24) is 25.4 Å². The highest BCUT2D eigenvalue weighted by atomic mass is 32.2. The molecule has 6 nitrogen and oxygen atoms in total. The number of rotatable bonds is 7. The first-order valence-corrected chi connectivity index (χ1v) is 8.10. The first-order valence-electron chi connectivity index (χ1n) is 7.22. The smallest absolute Gasteiger partial charge is 0.315 e. The third-order valence-electron chi connectivity index (χ3n) is 2.94. The Morgan fingerprint density at radius 3 is 2.77 bits per heavy atom. The molecular formula is C15H21N5OS. The van der Waals surface area contributed by atoms with E-state index in [1.165, 1.54) is 11.2 Å². The Hall–Kier alpha value is -2.02. The van der Waals surface area contributed by atoms with Crippen molar-refractivity contribution < 1.29 is 4.79 Å². The molecule has 0 fully saturated rings. The Bertz CT molecular complexity index is 561. The largest absolute Gasteiger partial charge is 0.337 e. The van der Waals surface area contributed by atoms with Crippen molar-refractivity contribution in [2.24, 2.45) is 0 Å². The number of nitrogens with one attached hydrogen (secondary N) is 2. The van der Waals surface area contributed by atoms with Gasteiger partial charge in [0.1, 0.15) is 12.7 Å². The maximum atomic E-state index is 11.9. The summed E-state index contributed by atoms with van der Waals surface area (Å²) in [5.41, 5.74) is 0. The molecule has 118 valence electrons. The minimum Gasteiger partial charge on any atom is -0.337 e. The first kappa shape index (κ1) is 16.4. The van der Waals surface area contributed by atoms with Gasteiger partial charge in [-0.05, 0) is 19.1 Å². The summed E-state index contributed by atoms with van der Waals surface area (Å²) in [6, 6.07) is 9.99. The average molecular weight is 319 g/mol. The van der Waals surface area contributed by atoms with Crippen LogP contribution in [0.1, 0.15) is 13.8 Å². The number of nitrogens with zero attached hydrogens (tertiary/aromatic N) is 3. The van der Waals surface area contributed by atoms with Gasteiger partial charge in [0.15, 0.2) is 0 Å². The summed E-state index contributed by atoms with van der Waals surface area (Å²) >= 11 is 1.74. The molecule has 0 radical (unpaired) electrons. The van der Waals surface area contributed by atoms with E-state index in [4.69, 9.17) is 0 Å². The predicted octanol–water partition coefficient (Wildman–Crippen LogP) is 2.15. The monoisotopic (exact) mass is 319 g/mol. The van der Waals surface area contributed by atoms with E-state index < -0.39 is 0 Å². The van der Waals surface area contributed by atoms with Crippen LogP contribution < -0.4 is 10.6 Å². The number of benzene rings is 1. The number of aromatic nitrogens is 3. The molecule has 0 aliphatic rings. The second kappa shape index (κ2) is 8.43. The Labute approximate surface area is 134 Å². The van der Waals surface area contributed by atoms with Crippen LogP contribution in [0.15, 0.2) is 47.9 Å². The molecule has 0 spiro atoms. The average Bonchev–Trinajstić information content (AvgIpc) is 2.99. The molecule has 2 atom stereocenters. The van der Waals surface area contributed by atoms with Crippen LogP contribution in [0.2, 0.25) is 0 Å². The minimum atomic E-state index is -0.159. The van der Waals surface area contributed by atoms with Crippen molar-refractivity contribution in [1.29, 1.82) is 0 Å². The summed E-state index contributed by atoms with van der Waals surface area (Å²) in [6.07, 6.45) is 3.12. The molecule has 7 heteroatoms. The number of carbonyl (C=O) groups is 1. The minimum absolute atomic E-state index is 0.0150. The summed E-state index contributed by atoms with van der Waals surface area (Å²) in [4.78, 5) is 16.9. The third kappa shape index (κ3) is 5.77. The van der Waals surface area contributed by atoms with Crippen LogP contribution in [0.25, 0.3) is 0 Å². The van der Waals surface area contributed by atoms with Gasteiger partial charge in [0.2, 0.25) is 0 Å². The van der Waals surface area contributed by atoms with Gasteiger partial charge in [-0.25, -0.2) is 9.78 Å². The molecule has 0 aliphatic carbocycles. The molecule has 2 amide bonds. The van der Waals surface area contributed by atoms with Gasteiger partial charge in [0.05, 0.1) is 6.54 Å². The summed E-state index contributed by atoms with van der Waals surface area (Å²) in [6.45, 7) is 5.24. The molecule has 1 heterocycles. The predicted molar refractivity (Wildman–Crippen MR) is 87.8 cm³/mol. The lowest BCUT2D eigenvalue weighted by Crippen LogP contribution is -2.44. The van der Waals surface area contributed by atoms with Crippen molar-refractivity contribution in [2.45, 2.75) is 36.6 Å². The van der Waals surface area contributed by atoms with Crippen LogP contribution in [-0.2, 0) is 6.54 Å². The summed E-state index contributed by atoms with van der Waals surface area (Å²) < 4.78 is 1.69. The molecule has 0 aliphatic heterocycles. The summed E-state index contributed by atoms with van der Waals surface area (Å²) in [5, 5.41) is 10.1. The van der Waals surface area contributed by atoms with Crippen LogP contribution in [-0.4, -0.2) is 38.6 Å². The van der Waals surface area contributed by atoms with Crippen LogP contribution in [0, 0.1) is 0 Å². The second-order valence-electron chi connectivity index (χ2n) is 5.11. The van der Waals surface area contributed by atoms with E-state index in [2.05, 4.69) is 39.8 Å². The summed E-state index contributed by atoms with van der Waals surface area (Å²) in [7, 11) is 0. The number of hydrogen-bond acceptors (Lipinski definition) is 4. The fourth-order valence-corrected chi connectivity index (χ4v) is 2.88. The Morgan fingerprint density at radius 2 is 2.09 bits per heavy atom. The van der Waals surface area contributed by atoms with Crippen LogP contribution in [0.5, 0.6) is 0 Å². The van der Waals surface area contributed by atoms with E-state index in [0.29, 0.717) is 18.3 Å². The lowest BCUT2D eigenvalue weighted by molar-refractivity contribution is 0.236. The van der Waals surface area contributed by atoms with E-state index in [1.54, 1.807) is 22.8 Å². The topological polar surface area (TPSA) is 71.8 Å². The first-order chi connectivity index (χ1) is 10.6. The summed E-state index contributed by atoms with van der Waals surface area (Å²) in [5.74, 6) is 0. The highest BCUT2D eigenvalue weighted by Gasteiger charge is 2.10. The van der Waals surface area contributed by atoms with Gasteiger partial charge in [-0.15, -0.1) is 11.8 Å². The number of amides is 2. The molecule has 1 aromatic heterocycles. The molecule has 1 aromatic carbocycles. The van der Waals surface area contributed by atoms with Crippen molar-refractivity contribution in [2.75, 3.05) is 6.54 Å². The van der Waals surface area contributed by atoms with Gasteiger partial charge >= 0.3 is 6.03 Å². The Kier molecular flexibility index (Phi) is 6.27. The van der Waals surface area contributed by atoms with Gasteiger partial charge in [0, 0.05) is 22.7 Å². The van der Waals surface area contributed by atoms with E-state index in [-0.39, 0.29) is 12.1 Å². The lowest BCUT2D eigenvalue weighted by atomic mass is 10.3. The molecule has 2 rings (SSSR count). The molecular weight excluding hydrogens is 298 g/mol. The number of carbonyl (C=O) groups excluding carboxylic acids is 1. The Morgan fingerprint density at radius 1 is 1.32 bits per heavy atom. The molecule has 0 saturated heterocycles. The van der Waals surface area contributed by atoms with Gasteiger partial charge in [-0.1, -0.05) is 25.1 Å². The molecule has 2 aromatic rings. The fraction of sp³-hybridized carbons (Fsp3) is 0.400. The highest BCUT2D eigenvalue weighted by molar-refractivity contribution is 8.00. The maximum absolute atomic E-state index is 11.9. The van der Waals surface area contributed by atoms with Gasteiger partial charge < -0.3 is 10.6 Å². The van der Waals surface area contributed by atoms with E-state index in [1.807, 2.05) is 25.1 Å². The van der Waals surface area contributed by atoms with Crippen LogP contribution >= 0.6 is 11.8 Å². The molecule has 2 N–H and O–H groups in total. The SMILES string of the molecule is CC(Cn1cncn1)NC(=O)NCC(C)Sc1ccccc1. The maximum Gasteiger partial charge on any atom is 0.315 e. The van der Waals surface area contributed by atoms with E-state index in [9.17, 15) is 4.79 Å². The standard InChI is InChI=1S/C15H21N5OS/c1-12(9-20-11-16-10-18-20)19-15(21)17-8-13(2)22-14-6-4-3-5-7-14/h3-7,10-13H,8-9H2,1-2H3,(H2,17,19,21). The van der Waals surface area contributed by atoms with Crippen molar-refractivity contribution in [3.8, 4) is 0 Å². The van der Waals surface area contributed by atoms with Gasteiger partial charge in [-0.3, -0.25) is 4.68 Å². The zero-order valence-corrected chi connectivity index (χ0v) is 13.6. The normalized spacial score (nSPS) is 13.4. The third-order valence-corrected chi connectivity index (χ3v) is 4.05. The highest BCUT2D eigenvalue weighted by Crippen LogP contribution is 2.21. The lowest BCUT2D eigenvalue weighted by Gasteiger charge is -2.16. The zero-order valence-electron chi connectivity index (χ0n) is 12.8. The molecule has 22 heavy (non-hydrogen) atoms. The quantitative estimate of drug-likeness (QED) is 0.767. The zero-order chi connectivity index (χ0) is 15.8. The van der Waals surface area contributed by atoms with E-state index >= 15 is 0 Å². The molecule has 2 unspecified atom stereocenters. The van der Waals surface area contributed by atoms with E-state index in [0.717, 1.165) is 0 Å².